The predicted octanol–water partition coefficient (Wildman–Crippen LogP) is 3.50. The first-order valence-corrected chi connectivity index (χ1v) is 11.3. The normalized spacial score (nSPS) is 15.8. The molecule has 0 bridgehead atoms. The monoisotopic (exact) mass is 513 g/mol. The van der Waals surface area contributed by atoms with Gasteiger partial charge < -0.3 is 16.0 Å². The highest BCUT2D eigenvalue weighted by Crippen LogP contribution is 2.43. The number of rotatable bonds is 5. The van der Waals surface area contributed by atoms with Crippen LogP contribution in [-0.4, -0.2) is 46.5 Å². The summed E-state index contributed by atoms with van der Waals surface area (Å²) in [5.41, 5.74) is 6.24. The van der Waals surface area contributed by atoms with Gasteiger partial charge in [-0.15, -0.1) is 0 Å². The van der Waals surface area contributed by atoms with Gasteiger partial charge in [-0.3, -0.25) is 14.4 Å². The molecule has 4 rings (SSSR count). The van der Waals surface area contributed by atoms with Crippen LogP contribution >= 0.6 is 11.6 Å². The van der Waals surface area contributed by atoms with Crippen molar-refractivity contribution in [2.24, 2.45) is 5.73 Å². The van der Waals surface area contributed by atoms with Crippen molar-refractivity contribution >= 4 is 40.6 Å². The number of anilines is 1. The first-order valence-electron chi connectivity index (χ1n) is 11.0. The van der Waals surface area contributed by atoms with Crippen molar-refractivity contribution in [1.29, 1.82) is 0 Å². The van der Waals surface area contributed by atoms with E-state index >= 15 is 8.78 Å². The maximum Gasteiger partial charge on any atom is 0.275 e. The van der Waals surface area contributed by atoms with Crippen molar-refractivity contribution in [2.75, 3.05) is 18.0 Å². The lowest BCUT2D eigenvalue weighted by Crippen LogP contribution is -2.34. The molecule has 3 N–H and O–H groups in total. The Labute approximate surface area is 210 Å². The Kier molecular flexibility index (Phi) is 6.89. The summed E-state index contributed by atoms with van der Waals surface area (Å²) in [6, 6.07) is 12.7. The number of hydrogen-bond donors (Lipinski definition) is 2. The van der Waals surface area contributed by atoms with Crippen LogP contribution < -0.4 is 16.0 Å². The van der Waals surface area contributed by atoms with E-state index in [1.165, 1.54) is 29.2 Å². The first-order chi connectivity index (χ1) is 17.1. The number of allylic oxidation sites excluding steroid dienone is 1. The van der Waals surface area contributed by atoms with E-state index in [2.05, 4.69) is 10.4 Å². The summed E-state index contributed by atoms with van der Waals surface area (Å²) in [4.78, 5) is 37.9. The largest absolute Gasteiger partial charge is 0.368 e. The third-order valence-corrected chi connectivity index (χ3v) is 5.97. The van der Waals surface area contributed by atoms with Crippen LogP contribution in [0.5, 0.6) is 0 Å². The smallest absolute Gasteiger partial charge is 0.275 e. The fraction of sp³-hybridized carbons (Fsp3) is 0.200. The summed E-state index contributed by atoms with van der Waals surface area (Å²) in [7, 11) is 0. The summed E-state index contributed by atoms with van der Waals surface area (Å²) >= 11 is 6.44. The van der Waals surface area contributed by atoms with Gasteiger partial charge in [-0.1, -0.05) is 29.8 Å². The lowest BCUT2D eigenvalue weighted by molar-refractivity contribution is -0.122. The zero-order chi connectivity index (χ0) is 26.0. The van der Waals surface area contributed by atoms with Crippen molar-refractivity contribution < 1.29 is 23.2 Å². The standard InChI is InChI=1S/C25H22ClF2N5O3/c1-15-8-10-33(31-15)16-6-7-18(20(26)12-16)24(36)32-11-9-25(27,28)19(13-23(35)30-14-22(29)34)17-4-2-3-5-21(17)32/h2-8,10,12-13H,9,11,14H2,1H3,(H2,29,34)(H,30,35)/b19-13-. The Hall–Kier alpha value is -4.05. The number of halogens is 3. The summed E-state index contributed by atoms with van der Waals surface area (Å²) in [5, 5.41) is 6.63. The number of nitrogens with one attached hydrogen (secondary N) is 1. The number of nitrogens with zero attached hydrogens (tertiary/aromatic N) is 3. The van der Waals surface area contributed by atoms with Crippen molar-refractivity contribution in [3.05, 3.63) is 82.6 Å². The average Bonchev–Trinajstić information content (AvgIpc) is 3.23. The molecule has 0 atom stereocenters. The van der Waals surface area contributed by atoms with E-state index in [0.717, 1.165) is 11.8 Å². The van der Waals surface area contributed by atoms with Gasteiger partial charge in [-0.2, -0.15) is 5.10 Å². The van der Waals surface area contributed by atoms with Crippen LogP contribution in [0.1, 0.15) is 28.0 Å². The van der Waals surface area contributed by atoms with E-state index in [9.17, 15) is 14.4 Å². The minimum absolute atomic E-state index is 0.0160. The number of carbonyl (C=O) groups is 3. The number of hydrogen-bond acceptors (Lipinski definition) is 4. The predicted molar refractivity (Wildman–Crippen MR) is 131 cm³/mol. The Balaban J connectivity index is 1.71. The second-order valence-corrected chi connectivity index (χ2v) is 8.64. The molecule has 3 aromatic rings. The van der Waals surface area contributed by atoms with Crippen LogP contribution in [0.15, 0.2) is 60.8 Å². The van der Waals surface area contributed by atoms with Crippen LogP contribution in [0.25, 0.3) is 11.3 Å². The second-order valence-electron chi connectivity index (χ2n) is 8.24. The molecule has 0 spiro atoms. The van der Waals surface area contributed by atoms with Gasteiger partial charge in [0.2, 0.25) is 11.8 Å². The van der Waals surface area contributed by atoms with E-state index in [1.54, 1.807) is 29.1 Å². The fourth-order valence-electron chi connectivity index (χ4n) is 3.92. The number of carbonyl (C=O) groups excluding carboxylic acids is 3. The van der Waals surface area contributed by atoms with E-state index in [1.807, 2.05) is 13.0 Å². The number of para-hydroxylation sites is 1. The van der Waals surface area contributed by atoms with Gasteiger partial charge in [0.1, 0.15) is 0 Å². The quantitative estimate of drug-likeness (QED) is 0.509. The van der Waals surface area contributed by atoms with E-state index in [4.69, 9.17) is 17.3 Å². The van der Waals surface area contributed by atoms with E-state index in [-0.39, 0.29) is 28.4 Å². The molecule has 8 nitrogen and oxygen atoms in total. The van der Waals surface area contributed by atoms with Crippen LogP contribution in [0, 0.1) is 6.92 Å². The number of nitrogens with two attached hydrogens (primary N) is 1. The third-order valence-electron chi connectivity index (χ3n) is 5.66. The minimum atomic E-state index is -3.43. The number of alkyl halides is 2. The molecule has 186 valence electrons. The molecular formula is C25H22ClF2N5O3. The molecule has 0 aliphatic carbocycles. The molecule has 1 aliphatic rings. The van der Waals surface area contributed by atoms with Crippen molar-refractivity contribution in [3.63, 3.8) is 0 Å². The third kappa shape index (κ3) is 5.13. The highest BCUT2D eigenvalue weighted by atomic mass is 35.5. The van der Waals surface area contributed by atoms with Gasteiger partial charge in [-0.05, 0) is 37.3 Å². The number of aryl methyl sites for hydroxylation is 1. The van der Waals surface area contributed by atoms with Crippen molar-refractivity contribution in [1.82, 2.24) is 15.1 Å². The molecule has 11 heteroatoms. The van der Waals surface area contributed by atoms with Gasteiger partial charge in [0.05, 0.1) is 34.2 Å². The van der Waals surface area contributed by atoms with Crippen LogP contribution in [-0.2, 0) is 9.59 Å². The van der Waals surface area contributed by atoms with Gasteiger partial charge in [-0.25, -0.2) is 13.5 Å². The van der Waals surface area contributed by atoms with Crippen LogP contribution in [0.2, 0.25) is 5.02 Å². The highest BCUT2D eigenvalue weighted by Gasteiger charge is 2.41. The van der Waals surface area contributed by atoms with E-state index in [0.29, 0.717) is 5.69 Å². The summed E-state index contributed by atoms with van der Waals surface area (Å²) in [6.07, 6.45) is 1.76. The van der Waals surface area contributed by atoms with Crippen LogP contribution in [0.4, 0.5) is 14.5 Å². The summed E-state index contributed by atoms with van der Waals surface area (Å²) in [5.74, 6) is -5.70. The molecule has 1 aliphatic heterocycles. The van der Waals surface area contributed by atoms with Crippen molar-refractivity contribution in [2.45, 2.75) is 19.3 Å². The summed E-state index contributed by atoms with van der Waals surface area (Å²) < 4.78 is 32.0. The molecule has 2 heterocycles. The molecular weight excluding hydrogens is 492 g/mol. The van der Waals surface area contributed by atoms with Crippen molar-refractivity contribution in [3.8, 4) is 5.69 Å². The molecule has 0 saturated carbocycles. The molecule has 0 unspecified atom stereocenters. The summed E-state index contributed by atoms with van der Waals surface area (Å²) in [6.45, 7) is 1.03. The van der Waals surface area contributed by atoms with Gasteiger partial charge >= 0.3 is 0 Å². The molecule has 3 amide bonds. The van der Waals surface area contributed by atoms with Gasteiger partial charge in [0.25, 0.3) is 11.8 Å². The first kappa shape index (κ1) is 25.1. The zero-order valence-electron chi connectivity index (χ0n) is 19.2. The number of primary amides is 1. The van der Waals surface area contributed by atoms with Crippen LogP contribution in [0.3, 0.4) is 0 Å². The molecule has 0 radical (unpaired) electrons. The zero-order valence-corrected chi connectivity index (χ0v) is 19.9. The molecule has 36 heavy (non-hydrogen) atoms. The molecule has 1 aromatic heterocycles. The second kappa shape index (κ2) is 9.90. The maximum absolute atomic E-state index is 15.2. The fourth-order valence-corrected chi connectivity index (χ4v) is 4.17. The number of amides is 3. The Morgan fingerprint density at radius 3 is 2.61 bits per heavy atom. The lowest BCUT2D eigenvalue weighted by atomic mass is 9.97. The number of fused-ring (bicyclic) bond motifs is 1. The maximum atomic E-state index is 15.2. The topological polar surface area (TPSA) is 110 Å². The highest BCUT2D eigenvalue weighted by molar-refractivity contribution is 6.34. The van der Waals surface area contributed by atoms with Gasteiger partial charge in [0.15, 0.2) is 0 Å². The Morgan fingerprint density at radius 1 is 1.19 bits per heavy atom. The minimum Gasteiger partial charge on any atom is -0.368 e. The average molecular weight is 514 g/mol. The lowest BCUT2D eigenvalue weighted by Gasteiger charge is -2.23. The number of aromatic nitrogens is 2. The molecule has 0 fully saturated rings. The number of benzene rings is 2. The molecule has 2 aromatic carbocycles. The van der Waals surface area contributed by atoms with E-state index < -0.39 is 42.2 Å². The molecule has 0 saturated heterocycles. The Bertz CT molecular complexity index is 1390. The Morgan fingerprint density at radius 2 is 1.94 bits per heavy atom. The van der Waals surface area contributed by atoms with Gasteiger partial charge in [0, 0.05) is 36.4 Å². The SMILES string of the molecule is Cc1ccn(-c2ccc(C(=O)N3CCC(F)(F)/C(=C\C(=O)NCC(N)=O)c4ccccc43)c(Cl)c2)n1.